The standard InChI is InChI=1S/C16H22N2O3/c1-11(19)16-13(4-3-5-14(16)21-2)17-8-9-18-12(10-17)6-7-15(18)20/h3-5,11-12,19H,6-10H2,1-2H3. The van der Waals surface area contributed by atoms with Crippen molar-refractivity contribution in [2.45, 2.75) is 31.9 Å². The topological polar surface area (TPSA) is 53.0 Å². The number of aliphatic hydroxyl groups is 1. The number of benzene rings is 1. The van der Waals surface area contributed by atoms with Crippen LogP contribution in [0.15, 0.2) is 18.2 Å². The van der Waals surface area contributed by atoms with Gasteiger partial charge in [0.1, 0.15) is 5.75 Å². The van der Waals surface area contributed by atoms with Crippen molar-refractivity contribution in [1.82, 2.24) is 4.90 Å². The van der Waals surface area contributed by atoms with Crippen LogP contribution in [0.1, 0.15) is 31.4 Å². The lowest BCUT2D eigenvalue weighted by Gasteiger charge is -2.40. The molecule has 0 aliphatic carbocycles. The molecule has 2 aliphatic heterocycles. The van der Waals surface area contributed by atoms with E-state index in [1.54, 1.807) is 14.0 Å². The molecular weight excluding hydrogens is 268 g/mol. The minimum Gasteiger partial charge on any atom is -0.496 e. The molecule has 0 aromatic heterocycles. The molecule has 3 rings (SSSR count). The van der Waals surface area contributed by atoms with Crippen molar-refractivity contribution >= 4 is 11.6 Å². The second-order valence-electron chi connectivity index (χ2n) is 5.79. The van der Waals surface area contributed by atoms with Crippen LogP contribution < -0.4 is 9.64 Å². The monoisotopic (exact) mass is 290 g/mol. The molecule has 114 valence electrons. The number of carbonyl (C=O) groups excluding carboxylic acids is 1. The molecular formula is C16H22N2O3. The van der Waals surface area contributed by atoms with Gasteiger partial charge in [-0.15, -0.1) is 0 Å². The van der Waals surface area contributed by atoms with Crippen molar-refractivity contribution in [3.63, 3.8) is 0 Å². The van der Waals surface area contributed by atoms with Crippen molar-refractivity contribution < 1.29 is 14.6 Å². The van der Waals surface area contributed by atoms with Gasteiger partial charge in [0.2, 0.25) is 5.91 Å². The highest BCUT2D eigenvalue weighted by Crippen LogP contribution is 2.36. The van der Waals surface area contributed by atoms with Gasteiger partial charge in [-0.1, -0.05) is 6.07 Å². The van der Waals surface area contributed by atoms with Gasteiger partial charge in [-0.2, -0.15) is 0 Å². The molecule has 0 saturated carbocycles. The average molecular weight is 290 g/mol. The molecule has 5 heteroatoms. The van der Waals surface area contributed by atoms with E-state index in [1.807, 2.05) is 23.1 Å². The lowest BCUT2D eigenvalue weighted by molar-refractivity contribution is -0.129. The van der Waals surface area contributed by atoms with E-state index in [2.05, 4.69) is 4.90 Å². The summed E-state index contributed by atoms with van der Waals surface area (Å²) < 4.78 is 5.39. The van der Waals surface area contributed by atoms with E-state index >= 15 is 0 Å². The third kappa shape index (κ3) is 2.46. The van der Waals surface area contributed by atoms with Crippen molar-refractivity contribution in [2.75, 3.05) is 31.6 Å². The molecule has 1 N–H and O–H groups in total. The zero-order chi connectivity index (χ0) is 15.0. The molecule has 2 heterocycles. The number of aliphatic hydroxyl groups excluding tert-OH is 1. The van der Waals surface area contributed by atoms with Gasteiger partial charge in [-0.05, 0) is 25.5 Å². The molecule has 0 bridgehead atoms. The van der Waals surface area contributed by atoms with Gasteiger partial charge in [-0.25, -0.2) is 0 Å². The summed E-state index contributed by atoms with van der Waals surface area (Å²) in [5.74, 6) is 0.994. The highest BCUT2D eigenvalue weighted by atomic mass is 16.5. The van der Waals surface area contributed by atoms with Crippen LogP contribution in [0.2, 0.25) is 0 Å². The molecule has 2 aliphatic rings. The zero-order valence-electron chi connectivity index (χ0n) is 12.6. The number of fused-ring (bicyclic) bond motifs is 1. The largest absolute Gasteiger partial charge is 0.496 e. The Hall–Kier alpha value is -1.75. The number of amides is 1. The van der Waals surface area contributed by atoms with Crippen LogP contribution in [-0.4, -0.2) is 48.7 Å². The molecule has 1 aromatic carbocycles. The zero-order valence-corrected chi connectivity index (χ0v) is 12.6. The van der Waals surface area contributed by atoms with Crippen LogP contribution >= 0.6 is 0 Å². The van der Waals surface area contributed by atoms with Crippen LogP contribution in [0.5, 0.6) is 5.75 Å². The summed E-state index contributed by atoms with van der Waals surface area (Å²) in [6, 6.07) is 6.16. The number of methoxy groups -OCH3 is 1. The fraction of sp³-hybridized carbons (Fsp3) is 0.562. The number of rotatable bonds is 3. The van der Waals surface area contributed by atoms with Gasteiger partial charge in [-0.3, -0.25) is 4.79 Å². The summed E-state index contributed by atoms with van der Waals surface area (Å²) in [4.78, 5) is 16.0. The Morgan fingerprint density at radius 1 is 1.38 bits per heavy atom. The lowest BCUT2D eigenvalue weighted by Crippen LogP contribution is -2.51. The molecule has 1 amide bonds. The maximum atomic E-state index is 11.8. The summed E-state index contributed by atoms with van der Waals surface area (Å²) in [7, 11) is 1.62. The summed E-state index contributed by atoms with van der Waals surface area (Å²) in [6.07, 6.45) is 1.02. The number of nitrogens with zero attached hydrogens (tertiary/aromatic N) is 2. The number of hydrogen-bond donors (Lipinski definition) is 1. The van der Waals surface area contributed by atoms with Gasteiger partial charge >= 0.3 is 0 Å². The van der Waals surface area contributed by atoms with Gasteiger partial charge in [0.25, 0.3) is 0 Å². The van der Waals surface area contributed by atoms with Crippen molar-refractivity contribution in [3.8, 4) is 5.75 Å². The first-order valence-electron chi connectivity index (χ1n) is 7.51. The highest BCUT2D eigenvalue weighted by Gasteiger charge is 2.36. The molecule has 2 unspecified atom stereocenters. The minimum atomic E-state index is -0.584. The third-order valence-electron chi connectivity index (χ3n) is 4.52. The first-order chi connectivity index (χ1) is 10.1. The average Bonchev–Trinajstić information content (AvgIpc) is 2.87. The predicted octanol–water partition coefficient (Wildman–Crippen LogP) is 1.56. The Balaban J connectivity index is 1.89. The number of ether oxygens (including phenoxy) is 1. The Bertz CT molecular complexity index is 544. The lowest BCUT2D eigenvalue weighted by atomic mass is 10.0. The molecule has 2 fully saturated rings. The SMILES string of the molecule is COc1cccc(N2CCN3C(=O)CCC3C2)c1C(C)O. The quantitative estimate of drug-likeness (QED) is 0.918. The second-order valence-corrected chi connectivity index (χ2v) is 5.79. The van der Waals surface area contributed by atoms with E-state index in [9.17, 15) is 9.90 Å². The Labute approximate surface area is 125 Å². The predicted molar refractivity (Wildman–Crippen MR) is 80.6 cm³/mol. The summed E-state index contributed by atoms with van der Waals surface area (Å²) in [5, 5.41) is 10.1. The van der Waals surface area contributed by atoms with Gasteiger partial charge in [0.15, 0.2) is 0 Å². The second kappa shape index (κ2) is 5.56. The van der Waals surface area contributed by atoms with Crippen LogP contribution in [0.25, 0.3) is 0 Å². The fourth-order valence-corrected chi connectivity index (χ4v) is 3.49. The minimum absolute atomic E-state index is 0.279. The van der Waals surface area contributed by atoms with E-state index < -0.39 is 6.10 Å². The van der Waals surface area contributed by atoms with E-state index in [0.717, 1.165) is 37.3 Å². The maximum Gasteiger partial charge on any atom is 0.223 e. The highest BCUT2D eigenvalue weighted by molar-refractivity contribution is 5.79. The normalized spacial score (nSPS) is 23.2. The van der Waals surface area contributed by atoms with E-state index in [1.165, 1.54) is 0 Å². The van der Waals surface area contributed by atoms with Gasteiger partial charge in [0.05, 0.1) is 13.2 Å². The van der Waals surface area contributed by atoms with E-state index in [4.69, 9.17) is 4.74 Å². The maximum absolute atomic E-state index is 11.8. The summed E-state index contributed by atoms with van der Waals surface area (Å²) >= 11 is 0. The Kier molecular flexibility index (Phi) is 3.76. The number of piperazine rings is 1. The van der Waals surface area contributed by atoms with Gasteiger partial charge < -0.3 is 19.6 Å². The fourth-order valence-electron chi connectivity index (χ4n) is 3.49. The molecule has 5 nitrogen and oxygen atoms in total. The molecule has 2 saturated heterocycles. The van der Waals surface area contributed by atoms with Gasteiger partial charge in [0, 0.05) is 43.3 Å². The first-order valence-corrected chi connectivity index (χ1v) is 7.51. The van der Waals surface area contributed by atoms with E-state index in [-0.39, 0.29) is 5.91 Å². The Morgan fingerprint density at radius 3 is 2.90 bits per heavy atom. The third-order valence-corrected chi connectivity index (χ3v) is 4.52. The number of anilines is 1. The van der Waals surface area contributed by atoms with Crippen molar-refractivity contribution in [3.05, 3.63) is 23.8 Å². The van der Waals surface area contributed by atoms with E-state index in [0.29, 0.717) is 18.2 Å². The van der Waals surface area contributed by atoms with Crippen LogP contribution in [0.4, 0.5) is 5.69 Å². The molecule has 0 radical (unpaired) electrons. The van der Waals surface area contributed by atoms with Crippen LogP contribution in [0, 0.1) is 0 Å². The van der Waals surface area contributed by atoms with Crippen molar-refractivity contribution in [1.29, 1.82) is 0 Å². The Morgan fingerprint density at radius 2 is 2.19 bits per heavy atom. The number of hydrogen-bond acceptors (Lipinski definition) is 4. The first kappa shape index (κ1) is 14.2. The smallest absolute Gasteiger partial charge is 0.223 e. The number of carbonyl (C=O) groups is 1. The molecule has 2 atom stereocenters. The summed E-state index contributed by atoms with van der Waals surface area (Å²) in [6.45, 7) is 4.16. The molecule has 0 spiro atoms. The van der Waals surface area contributed by atoms with Crippen molar-refractivity contribution in [2.24, 2.45) is 0 Å². The van der Waals surface area contributed by atoms with Crippen LogP contribution in [-0.2, 0) is 4.79 Å². The van der Waals surface area contributed by atoms with Crippen LogP contribution in [0.3, 0.4) is 0 Å². The molecule has 1 aromatic rings. The molecule has 21 heavy (non-hydrogen) atoms. The summed E-state index contributed by atoms with van der Waals surface area (Å²) in [5.41, 5.74) is 1.85.